The summed E-state index contributed by atoms with van der Waals surface area (Å²) in [6.45, 7) is 1.33. The van der Waals surface area contributed by atoms with Gasteiger partial charge in [0, 0.05) is 24.8 Å². The molecule has 5 heteroatoms. The predicted octanol–water partition coefficient (Wildman–Crippen LogP) is 1.33. The third-order valence-corrected chi connectivity index (χ3v) is 3.25. The molecule has 2 fully saturated rings. The lowest BCUT2D eigenvalue weighted by atomic mass is 9.91. The van der Waals surface area contributed by atoms with Crippen LogP contribution >= 0.6 is 11.6 Å². The maximum absolute atomic E-state index is 5.91. The van der Waals surface area contributed by atoms with Gasteiger partial charge in [0.05, 0.1) is 11.6 Å². The molecule has 2 N–H and O–H groups in total. The molecule has 3 rings (SSSR count). The first-order valence-electron chi connectivity index (χ1n) is 4.89. The maximum Gasteiger partial charge on any atom is 0.129 e. The highest BCUT2D eigenvalue weighted by Gasteiger charge is 2.60. The Bertz CT molecular complexity index is 412. The zero-order valence-corrected chi connectivity index (χ0v) is 8.83. The van der Waals surface area contributed by atoms with Crippen molar-refractivity contribution in [3.8, 4) is 0 Å². The SMILES string of the molecule is Nc1ncc(Cl)cc1[C@]12CCOCC1O2. The van der Waals surface area contributed by atoms with E-state index in [4.69, 9.17) is 26.8 Å². The lowest BCUT2D eigenvalue weighted by Crippen LogP contribution is -2.25. The molecule has 0 saturated carbocycles. The van der Waals surface area contributed by atoms with Crippen LogP contribution in [0.25, 0.3) is 0 Å². The number of anilines is 1. The topological polar surface area (TPSA) is 60.7 Å². The van der Waals surface area contributed by atoms with Crippen LogP contribution < -0.4 is 5.73 Å². The van der Waals surface area contributed by atoms with Crippen molar-refractivity contribution in [3.63, 3.8) is 0 Å². The molecule has 15 heavy (non-hydrogen) atoms. The fraction of sp³-hybridized carbons (Fsp3) is 0.500. The Morgan fingerprint density at radius 3 is 3.27 bits per heavy atom. The number of nitrogens with zero attached hydrogens (tertiary/aromatic N) is 1. The molecule has 4 nitrogen and oxygen atoms in total. The van der Waals surface area contributed by atoms with Gasteiger partial charge < -0.3 is 15.2 Å². The van der Waals surface area contributed by atoms with Crippen molar-refractivity contribution >= 4 is 17.4 Å². The average Bonchev–Trinajstić information content (AvgIpc) is 2.97. The minimum atomic E-state index is -0.278. The highest BCUT2D eigenvalue weighted by Crippen LogP contribution is 2.52. The number of fused-ring (bicyclic) bond motifs is 1. The van der Waals surface area contributed by atoms with Crippen molar-refractivity contribution in [2.45, 2.75) is 18.1 Å². The van der Waals surface area contributed by atoms with E-state index in [2.05, 4.69) is 4.98 Å². The van der Waals surface area contributed by atoms with Crippen molar-refractivity contribution in [2.75, 3.05) is 18.9 Å². The summed E-state index contributed by atoms with van der Waals surface area (Å²) in [4.78, 5) is 4.05. The summed E-state index contributed by atoms with van der Waals surface area (Å²) in [7, 11) is 0. The first-order valence-corrected chi connectivity index (χ1v) is 5.27. The highest BCUT2D eigenvalue weighted by atomic mass is 35.5. The number of nitrogen functional groups attached to an aromatic ring is 1. The molecule has 0 radical (unpaired) electrons. The van der Waals surface area contributed by atoms with Gasteiger partial charge in [0.2, 0.25) is 0 Å². The molecule has 1 aromatic heterocycles. The normalized spacial score (nSPS) is 33.5. The molecular formula is C10H11ClN2O2. The second-order valence-corrected chi connectivity index (χ2v) is 4.34. The van der Waals surface area contributed by atoms with Crippen molar-refractivity contribution in [3.05, 3.63) is 22.8 Å². The molecule has 1 aromatic rings. The number of nitrogens with two attached hydrogens (primary N) is 1. The summed E-state index contributed by atoms with van der Waals surface area (Å²) in [5, 5.41) is 0.592. The van der Waals surface area contributed by atoms with Crippen LogP contribution in [0.3, 0.4) is 0 Å². The van der Waals surface area contributed by atoms with Crippen LogP contribution in [0.1, 0.15) is 12.0 Å². The summed E-state index contributed by atoms with van der Waals surface area (Å²) < 4.78 is 11.0. The van der Waals surface area contributed by atoms with Gasteiger partial charge in [-0.3, -0.25) is 0 Å². The molecule has 0 spiro atoms. The number of aromatic nitrogens is 1. The second kappa shape index (κ2) is 3.07. The van der Waals surface area contributed by atoms with Gasteiger partial charge in [-0.15, -0.1) is 0 Å². The molecule has 0 bridgehead atoms. The van der Waals surface area contributed by atoms with Gasteiger partial charge >= 0.3 is 0 Å². The van der Waals surface area contributed by atoms with Gasteiger partial charge in [0.1, 0.15) is 17.5 Å². The van der Waals surface area contributed by atoms with E-state index < -0.39 is 0 Å². The minimum absolute atomic E-state index is 0.119. The largest absolute Gasteiger partial charge is 0.383 e. The molecule has 2 saturated heterocycles. The highest BCUT2D eigenvalue weighted by molar-refractivity contribution is 6.30. The van der Waals surface area contributed by atoms with Gasteiger partial charge in [-0.1, -0.05) is 11.6 Å². The number of hydrogen-bond acceptors (Lipinski definition) is 4. The Morgan fingerprint density at radius 1 is 1.60 bits per heavy atom. The number of ether oxygens (including phenoxy) is 2. The Labute approximate surface area is 92.3 Å². The number of epoxide rings is 1. The summed E-state index contributed by atoms with van der Waals surface area (Å²) in [5.41, 5.74) is 6.47. The van der Waals surface area contributed by atoms with Gasteiger partial charge in [-0.05, 0) is 6.07 Å². The fourth-order valence-corrected chi connectivity index (χ4v) is 2.34. The Balaban J connectivity index is 2.02. The lowest BCUT2D eigenvalue weighted by Gasteiger charge is -2.19. The van der Waals surface area contributed by atoms with E-state index in [-0.39, 0.29) is 11.7 Å². The Hall–Kier alpha value is -0.840. The first kappa shape index (κ1) is 9.39. The smallest absolute Gasteiger partial charge is 0.129 e. The van der Waals surface area contributed by atoms with Crippen LogP contribution in [0.4, 0.5) is 5.82 Å². The summed E-state index contributed by atoms with van der Waals surface area (Å²) in [6, 6.07) is 1.84. The molecule has 2 aliphatic heterocycles. The Morgan fingerprint density at radius 2 is 2.47 bits per heavy atom. The third kappa shape index (κ3) is 1.33. The number of halogens is 1. The lowest BCUT2D eigenvalue weighted by molar-refractivity contribution is 0.0975. The number of pyridine rings is 1. The van der Waals surface area contributed by atoms with Crippen LogP contribution in [0.15, 0.2) is 12.3 Å². The zero-order valence-electron chi connectivity index (χ0n) is 8.07. The van der Waals surface area contributed by atoms with E-state index in [1.165, 1.54) is 0 Å². The maximum atomic E-state index is 5.91. The van der Waals surface area contributed by atoms with Crippen molar-refractivity contribution in [2.24, 2.45) is 0 Å². The molecule has 1 unspecified atom stereocenters. The minimum Gasteiger partial charge on any atom is -0.383 e. The van der Waals surface area contributed by atoms with Crippen molar-refractivity contribution in [1.82, 2.24) is 4.98 Å². The van der Waals surface area contributed by atoms with Crippen LogP contribution in [0.5, 0.6) is 0 Å². The van der Waals surface area contributed by atoms with E-state index in [0.717, 1.165) is 12.0 Å². The average molecular weight is 227 g/mol. The van der Waals surface area contributed by atoms with Gasteiger partial charge in [0.15, 0.2) is 0 Å². The van der Waals surface area contributed by atoms with Crippen LogP contribution in [-0.4, -0.2) is 24.3 Å². The van der Waals surface area contributed by atoms with Crippen LogP contribution in [-0.2, 0) is 15.1 Å². The Kier molecular flexibility index (Phi) is 1.92. The second-order valence-electron chi connectivity index (χ2n) is 3.91. The van der Waals surface area contributed by atoms with Crippen LogP contribution in [0.2, 0.25) is 5.02 Å². The third-order valence-electron chi connectivity index (χ3n) is 3.04. The quantitative estimate of drug-likeness (QED) is 0.734. The molecule has 2 atom stereocenters. The summed E-state index contributed by atoms with van der Waals surface area (Å²) in [5.74, 6) is 0.504. The molecule has 0 amide bonds. The van der Waals surface area contributed by atoms with E-state index in [1.807, 2.05) is 6.07 Å². The zero-order chi connectivity index (χ0) is 10.5. The van der Waals surface area contributed by atoms with E-state index in [1.54, 1.807) is 6.20 Å². The predicted molar refractivity (Wildman–Crippen MR) is 55.6 cm³/mol. The van der Waals surface area contributed by atoms with Crippen LogP contribution in [0, 0.1) is 0 Å². The monoisotopic (exact) mass is 226 g/mol. The molecule has 0 aromatic carbocycles. The summed E-state index contributed by atoms with van der Waals surface area (Å²) in [6.07, 6.45) is 2.49. The summed E-state index contributed by atoms with van der Waals surface area (Å²) >= 11 is 5.91. The molecule has 2 aliphatic rings. The molecule has 80 valence electrons. The van der Waals surface area contributed by atoms with Crippen molar-refractivity contribution < 1.29 is 9.47 Å². The van der Waals surface area contributed by atoms with E-state index >= 15 is 0 Å². The van der Waals surface area contributed by atoms with E-state index in [0.29, 0.717) is 24.1 Å². The van der Waals surface area contributed by atoms with Gasteiger partial charge in [-0.25, -0.2) is 4.98 Å². The molecule has 3 heterocycles. The first-order chi connectivity index (χ1) is 7.22. The van der Waals surface area contributed by atoms with E-state index in [9.17, 15) is 0 Å². The van der Waals surface area contributed by atoms with Gasteiger partial charge in [-0.2, -0.15) is 0 Å². The standard InChI is InChI=1S/C10H11ClN2O2/c11-6-3-7(9(12)13-4-6)10-1-2-14-5-8(10)15-10/h3-4,8H,1-2,5H2,(H2,12,13)/t8?,10-/m1/s1. The molecule has 0 aliphatic carbocycles. The molecular weight excluding hydrogens is 216 g/mol. The van der Waals surface area contributed by atoms with Crippen molar-refractivity contribution in [1.29, 1.82) is 0 Å². The van der Waals surface area contributed by atoms with Gasteiger partial charge in [0.25, 0.3) is 0 Å². The number of rotatable bonds is 1. The number of hydrogen-bond donors (Lipinski definition) is 1. The fourth-order valence-electron chi connectivity index (χ4n) is 2.18.